The van der Waals surface area contributed by atoms with E-state index < -0.39 is 0 Å². The molecular formula is C18H23N3OS2. The van der Waals surface area contributed by atoms with Gasteiger partial charge in [0.05, 0.1) is 21.3 Å². The van der Waals surface area contributed by atoms with E-state index in [2.05, 4.69) is 34.5 Å². The Morgan fingerprint density at radius 2 is 2.12 bits per heavy atom. The van der Waals surface area contributed by atoms with Gasteiger partial charge in [0.15, 0.2) is 5.11 Å². The highest BCUT2D eigenvalue weighted by molar-refractivity contribution is 7.80. The lowest BCUT2D eigenvalue weighted by molar-refractivity contribution is 0.113. The minimum atomic E-state index is 0.336. The molecule has 4 nitrogen and oxygen atoms in total. The van der Waals surface area contributed by atoms with E-state index in [1.54, 1.807) is 0 Å². The van der Waals surface area contributed by atoms with Crippen LogP contribution in [0.3, 0.4) is 0 Å². The molecule has 1 aromatic carbocycles. The van der Waals surface area contributed by atoms with Crippen molar-refractivity contribution in [2.24, 2.45) is 0 Å². The third-order valence-corrected chi connectivity index (χ3v) is 6.55. The highest BCUT2D eigenvalue weighted by atomic mass is 32.1. The van der Waals surface area contributed by atoms with E-state index >= 15 is 0 Å². The van der Waals surface area contributed by atoms with Gasteiger partial charge in [0.2, 0.25) is 0 Å². The number of rotatable bonds is 3. The van der Waals surface area contributed by atoms with Gasteiger partial charge in [0.1, 0.15) is 0 Å². The monoisotopic (exact) mass is 361 g/mol. The van der Waals surface area contributed by atoms with Crippen LogP contribution < -0.4 is 5.32 Å². The summed E-state index contributed by atoms with van der Waals surface area (Å²) >= 11 is 7.41. The van der Waals surface area contributed by atoms with Crippen molar-refractivity contribution in [1.29, 1.82) is 0 Å². The van der Waals surface area contributed by atoms with Gasteiger partial charge in [-0.1, -0.05) is 12.1 Å². The second-order valence-corrected chi connectivity index (χ2v) is 8.05. The quantitative estimate of drug-likeness (QED) is 0.847. The Hall–Kier alpha value is -1.24. The van der Waals surface area contributed by atoms with Crippen LogP contribution in [0.15, 0.2) is 24.3 Å². The summed E-state index contributed by atoms with van der Waals surface area (Å²) in [6.45, 7) is 3.76. The molecule has 3 heterocycles. The number of thiocarbonyl (C=S) groups is 1. The fraction of sp³-hybridized carbons (Fsp3) is 0.556. The summed E-state index contributed by atoms with van der Waals surface area (Å²) in [6, 6.07) is 8.42. The molecule has 0 unspecified atom stereocenters. The van der Waals surface area contributed by atoms with Crippen LogP contribution in [-0.2, 0) is 4.74 Å². The van der Waals surface area contributed by atoms with E-state index in [0.717, 1.165) is 56.1 Å². The number of nitrogens with one attached hydrogen (secondary N) is 1. The molecule has 1 N–H and O–H groups in total. The molecule has 2 aliphatic heterocycles. The van der Waals surface area contributed by atoms with E-state index in [1.165, 1.54) is 16.1 Å². The van der Waals surface area contributed by atoms with Crippen LogP contribution in [0.4, 0.5) is 0 Å². The van der Waals surface area contributed by atoms with Crippen molar-refractivity contribution in [2.75, 3.05) is 26.2 Å². The van der Waals surface area contributed by atoms with Gasteiger partial charge in [-0.2, -0.15) is 0 Å². The minimum Gasteiger partial charge on any atom is -0.376 e. The van der Waals surface area contributed by atoms with E-state index in [0.29, 0.717) is 12.0 Å². The third-order valence-electron chi connectivity index (χ3n) is 4.95. The molecule has 2 aromatic rings. The van der Waals surface area contributed by atoms with Gasteiger partial charge in [-0.25, -0.2) is 4.98 Å². The molecule has 0 spiro atoms. The Bertz CT molecular complexity index is 670. The van der Waals surface area contributed by atoms with Crippen molar-refractivity contribution in [3.8, 4) is 0 Å². The SMILES string of the molecule is S=C(NC[C@@H]1CCCO1)N1CCC(c2nc3ccccc3s2)CC1. The zero-order chi connectivity index (χ0) is 16.4. The van der Waals surface area contributed by atoms with Crippen molar-refractivity contribution >= 4 is 38.9 Å². The summed E-state index contributed by atoms with van der Waals surface area (Å²) in [5.74, 6) is 0.569. The Kier molecular flexibility index (Phi) is 4.96. The number of likely N-dealkylation sites (tertiary alicyclic amines) is 1. The van der Waals surface area contributed by atoms with Gasteiger partial charge >= 0.3 is 0 Å². The molecule has 0 radical (unpaired) electrons. The highest BCUT2D eigenvalue weighted by Gasteiger charge is 2.25. The lowest BCUT2D eigenvalue weighted by atomic mass is 9.98. The molecule has 2 aliphatic rings. The molecular weight excluding hydrogens is 338 g/mol. The van der Waals surface area contributed by atoms with Crippen molar-refractivity contribution in [3.63, 3.8) is 0 Å². The fourth-order valence-electron chi connectivity index (χ4n) is 3.51. The van der Waals surface area contributed by atoms with Gasteiger partial charge in [-0.15, -0.1) is 11.3 Å². The second-order valence-electron chi connectivity index (χ2n) is 6.60. The molecule has 0 saturated carbocycles. The first kappa shape index (κ1) is 16.2. The van der Waals surface area contributed by atoms with Gasteiger partial charge in [0, 0.05) is 32.2 Å². The minimum absolute atomic E-state index is 0.336. The standard InChI is InChI=1S/C18H23N3OS2/c23-18(19-12-14-4-3-11-22-14)21-9-7-13(8-10-21)17-20-15-5-1-2-6-16(15)24-17/h1-2,5-6,13-14H,3-4,7-12H2,(H,19,23)/t14-/m0/s1. The highest BCUT2D eigenvalue weighted by Crippen LogP contribution is 2.33. The first-order valence-electron chi connectivity index (χ1n) is 8.79. The summed E-state index contributed by atoms with van der Waals surface area (Å²) in [7, 11) is 0. The van der Waals surface area contributed by atoms with E-state index in [1.807, 2.05) is 11.3 Å². The van der Waals surface area contributed by atoms with Crippen molar-refractivity contribution in [3.05, 3.63) is 29.3 Å². The van der Waals surface area contributed by atoms with Crippen LogP contribution in [0.5, 0.6) is 0 Å². The van der Waals surface area contributed by atoms with Crippen LogP contribution in [0, 0.1) is 0 Å². The summed E-state index contributed by atoms with van der Waals surface area (Å²) in [5.41, 5.74) is 1.13. The first-order chi connectivity index (χ1) is 11.8. The maximum absolute atomic E-state index is 5.65. The normalized spacial score (nSPS) is 22.2. The molecule has 4 rings (SSSR count). The van der Waals surface area contributed by atoms with Gasteiger partial charge < -0.3 is 15.0 Å². The van der Waals surface area contributed by atoms with Crippen LogP contribution in [-0.4, -0.2) is 47.3 Å². The second kappa shape index (κ2) is 7.33. The maximum atomic E-state index is 5.65. The fourth-order valence-corrected chi connectivity index (χ4v) is 4.91. The zero-order valence-corrected chi connectivity index (χ0v) is 15.4. The number of ether oxygens (including phenoxy) is 1. The summed E-state index contributed by atoms with van der Waals surface area (Å²) in [4.78, 5) is 7.13. The van der Waals surface area contributed by atoms with Crippen LogP contribution in [0.1, 0.15) is 36.6 Å². The number of fused-ring (bicyclic) bond motifs is 1. The van der Waals surface area contributed by atoms with E-state index in [4.69, 9.17) is 21.9 Å². The Morgan fingerprint density at radius 3 is 2.88 bits per heavy atom. The number of benzene rings is 1. The largest absolute Gasteiger partial charge is 0.376 e. The van der Waals surface area contributed by atoms with Crippen molar-refractivity contribution in [2.45, 2.75) is 37.7 Å². The number of hydrogen-bond donors (Lipinski definition) is 1. The molecule has 128 valence electrons. The van der Waals surface area contributed by atoms with Crippen LogP contribution in [0.25, 0.3) is 10.2 Å². The Morgan fingerprint density at radius 1 is 1.29 bits per heavy atom. The molecule has 2 saturated heterocycles. The molecule has 2 fully saturated rings. The first-order valence-corrected chi connectivity index (χ1v) is 10.0. The number of piperidine rings is 1. The number of aromatic nitrogens is 1. The average Bonchev–Trinajstić information content (AvgIpc) is 3.29. The smallest absolute Gasteiger partial charge is 0.169 e. The van der Waals surface area contributed by atoms with Gasteiger partial charge in [-0.05, 0) is 50.0 Å². The van der Waals surface area contributed by atoms with E-state index in [9.17, 15) is 0 Å². The summed E-state index contributed by atoms with van der Waals surface area (Å²) in [5, 5.41) is 5.56. The Labute approximate surface area is 152 Å². The van der Waals surface area contributed by atoms with Crippen molar-refractivity contribution in [1.82, 2.24) is 15.2 Å². The van der Waals surface area contributed by atoms with Crippen LogP contribution in [0.2, 0.25) is 0 Å². The molecule has 1 atom stereocenters. The van der Waals surface area contributed by atoms with Crippen LogP contribution >= 0.6 is 23.6 Å². The topological polar surface area (TPSA) is 37.4 Å². The molecule has 0 amide bonds. The molecule has 6 heteroatoms. The van der Waals surface area contributed by atoms with Crippen molar-refractivity contribution < 1.29 is 4.74 Å². The predicted molar refractivity (Wildman–Crippen MR) is 103 cm³/mol. The Balaban J connectivity index is 1.30. The number of nitrogens with zero attached hydrogens (tertiary/aromatic N) is 2. The summed E-state index contributed by atoms with van der Waals surface area (Å²) in [6.07, 6.45) is 4.91. The predicted octanol–water partition coefficient (Wildman–Crippen LogP) is 3.53. The molecule has 1 aromatic heterocycles. The third kappa shape index (κ3) is 3.55. The van der Waals surface area contributed by atoms with E-state index in [-0.39, 0.29) is 0 Å². The summed E-state index contributed by atoms with van der Waals surface area (Å²) < 4.78 is 6.94. The molecule has 0 bridgehead atoms. The molecule has 24 heavy (non-hydrogen) atoms. The average molecular weight is 362 g/mol. The zero-order valence-electron chi connectivity index (χ0n) is 13.7. The number of hydrogen-bond acceptors (Lipinski definition) is 4. The number of para-hydroxylation sites is 1. The van der Waals surface area contributed by atoms with Gasteiger partial charge in [-0.3, -0.25) is 0 Å². The molecule has 0 aliphatic carbocycles. The number of thiazole rings is 1. The lowest BCUT2D eigenvalue weighted by Gasteiger charge is -2.33. The maximum Gasteiger partial charge on any atom is 0.169 e. The van der Waals surface area contributed by atoms with Gasteiger partial charge in [0.25, 0.3) is 0 Å². The lowest BCUT2D eigenvalue weighted by Crippen LogP contribution is -2.45.